The first-order valence-corrected chi connectivity index (χ1v) is 26.1. The van der Waals surface area contributed by atoms with Gasteiger partial charge in [0.25, 0.3) is 0 Å². The Morgan fingerprint density at radius 1 is 0.213 bits per heavy atom. The first-order chi connectivity index (χ1) is 37.2. The van der Waals surface area contributed by atoms with E-state index in [1.54, 1.807) is 0 Å². The highest BCUT2D eigenvalue weighted by Gasteiger charge is 2.48. The minimum Gasteiger partial charge on any atom is -0.310 e. The molecule has 75 heavy (non-hydrogen) atoms. The molecule has 2 aliphatic carbocycles. The van der Waals surface area contributed by atoms with Crippen LogP contribution in [0.25, 0.3) is 55.6 Å². The van der Waals surface area contributed by atoms with Crippen molar-refractivity contribution in [2.24, 2.45) is 0 Å². The van der Waals surface area contributed by atoms with E-state index in [-0.39, 0.29) is 0 Å². The first kappa shape index (κ1) is 44.2. The second-order valence-corrected chi connectivity index (χ2v) is 19.9. The van der Waals surface area contributed by atoms with Crippen molar-refractivity contribution >= 4 is 17.1 Å². The molecule has 0 saturated carbocycles. The fraction of sp³-hybridized carbons (Fsp3) is 0.0270. The molecule has 0 fully saturated rings. The summed E-state index contributed by atoms with van der Waals surface area (Å²) in [5, 5.41) is 0. The van der Waals surface area contributed by atoms with Crippen LogP contribution in [0.3, 0.4) is 0 Å². The highest BCUT2D eigenvalue weighted by atomic mass is 15.1. The van der Waals surface area contributed by atoms with Crippen LogP contribution in [0, 0.1) is 0 Å². The summed E-state index contributed by atoms with van der Waals surface area (Å²) in [6.07, 6.45) is 0. The van der Waals surface area contributed by atoms with Crippen molar-refractivity contribution < 1.29 is 0 Å². The molecule has 352 valence electrons. The second-order valence-electron chi connectivity index (χ2n) is 19.9. The Morgan fingerprint density at radius 3 is 1.19 bits per heavy atom. The molecule has 0 heterocycles. The van der Waals surface area contributed by atoms with Gasteiger partial charge in [-0.1, -0.05) is 273 Å². The molecule has 0 aliphatic heterocycles. The minimum absolute atomic E-state index is 0.483. The Bertz CT molecular complexity index is 3940. The Morgan fingerprint density at radius 2 is 0.613 bits per heavy atom. The van der Waals surface area contributed by atoms with Gasteiger partial charge in [0.15, 0.2) is 0 Å². The molecule has 0 spiro atoms. The minimum atomic E-state index is -0.557. The molecule has 0 radical (unpaired) electrons. The molecule has 2 aliphatic rings. The van der Waals surface area contributed by atoms with Crippen LogP contribution in [-0.4, -0.2) is 0 Å². The van der Waals surface area contributed by atoms with Crippen molar-refractivity contribution in [1.82, 2.24) is 0 Å². The van der Waals surface area contributed by atoms with Gasteiger partial charge in [-0.15, -0.1) is 0 Å². The molecular weight excluding hydrogens is 903 g/mol. The van der Waals surface area contributed by atoms with E-state index in [4.69, 9.17) is 0 Å². The van der Waals surface area contributed by atoms with Crippen molar-refractivity contribution in [3.05, 3.63) is 354 Å². The lowest BCUT2D eigenvalue weighted by Gasteiger charge is -2.35. The predicted octanol–water partition coefficient (Wildman–Crippen LogP) is 18.9. The van der Waals surface area contributed by atoms with E-state index in [1.165, 1.54) is 89.0 Å². The molecule has 0 amide bonds. The van der Waals surface area contributed by atoms with Crippen molar-refractivity contribution in [2.75, 3.05) is 4.90 Å². The highest BCUT2D eigenvalue weighted by molar-refractivity contribution is 5.97. The van der Waals surface area contributed by atoms with Crippen molar-refractivity contribution in [3.63, 3.8) is 0 Å². The first-order valence-electron chi connectivity index (χ1n) is 26.1. The summed E-state index contributed by atoms with van der Waals surface area (Å²) in [4.78, 5) is 2.49. The zero-order valence-corrected chi connectivity index (χ0v) is 41.4. The van der Waals surface area contributed by atoms with Gasteiger partial charge in [-0.25, -0.2) is 0 Å². The number of hydrogen-bond acceptors (Lipinski definition) is 1. The lowest BCUT2D eigenvalue weighted by Crippen LogP contribution is -2.28. The molecule has 1 heteroatoms. The summed E-state index contributed by atoms with van der Waals surface area (Å²) in [6, 6.07) is 115. The summed E-state index contributed by atoms with van der Waals surface area (Å²) in [7, 11) is 0. The zero-order chi connectivity index (χ0) is 49.8. The molecule has 0 saturated heterocycles. The van der Waals surface area contributed by atoms with Crippen molar-refractivity contribution in [2.45, 2.75) is 10.8 Å². The Hall–Kier alpha value is -9.56. The van der Waals surface area contributed by atoms with Crippen LogP contribution in [0.2, 0.25) is 0 Å². The molecule has 0 N–H and O–H groups in total. The van der Waals surface area contributed by atoms with Gasteiger partial charge < -0.3 is 4.90 Å². The fourth-order valence-electron chi connectivity index (χ4n) is 12.9. The van der Waals surface area contributed by atoms with Crippen LogP contribution in [0.5, 0.6) is 0 Å². The summed E-state index contributed by atoms with van der Waals surface area (Å²) in [5.41, 5.74) is 24.5. The maximum absolute atomic E-state index is 2.49. The normalized spacial score (nSPS) is 13.3. The van der Waals surface area contributed by atoms with E-state index in [1.807, 2.05) is 0 Å². The predicted molar refractivity (Wildman–Crippen MR) is 312 cm³/mol. The average Bonchev–Trinajstić information content (AvgIpc) is 4.13. The van der Waals surface area contributed by atoms with E-state index < -0.39 is 10.8 Å². The molecule has 0 aromatic heterocycles. The van der Waals surface area contributed by atoms with Crippen LogP contribution in [0.15, 0.2) is 309 Å². The van der Waals surface area contributed by atoms with Gasteiger partial charge >= 0.3 is 0 Å². The van der Waals surface area contributed by atoms with Gasteiger partial charge in [0.05, 0.1) is 16.5 Å². The highest BCUT2D eigenvalue weighted by Crippen LogP contribution is 2.60. The number of benzene rings is 12. The summed E-state index contributed by atoms with van der Waals surface area (Å²) < 4.78 is 0. The van der Waals surface area contributed by atoms with Gasteiger partial charge in [0.2, 0.25) is 0 Å². The smallest absolute Gasteiger partial charge is 0.0714 e. The van der Waals surface area contributed by atoms with E-state index >= 15 is 0 Å². The number of nitrogens with zero attached hydrogens (tertiary/aromatic N) is 1. The molecule has 14 rings (SSSR count). The lowest BCUT2D eigenvalue weighted by atomic mass is 9.67. The molecule has 0 bridgehead atoms. The van der Waals surface area contributed by atoms with Gasteiger partial charge in [-0.3, -0.25) is 0 Å². The zero-order valence-electron chi connectivity index (χ0n) is 41.4. The van der Waals surface area contributed by atoms with Crippen LogP contribution < -0.4 is 4.90 Å². The van der Waals surface area contributed by atoms with E-state index in [2.05, 4.69) is 314 Å². The maximum atomic E-state index is 2.49. The summed E-state index contributed by atoms with van der Waals surface area (Å²) >= 11 is 0. The SMILES string of the molecule is c1ccc(-c2ccc(N(c3ccc(-c4cccc5c4-c4ccccc4C5(c4ccccc4)c4ccccc4)cc3)c3ccc4c(c3)C(c3ccccc3)(c3ccccc3)c3ccccc3-4)c(-c3ccccc3)c2)cc1. The third kappa shape index (κ3) is 6.93. The maximum Gasteiger partial charge on any atom is 0.0714 e. The second kappa shape index (κ2) is 18.2. The lowest BCUT2D eigenvalue weighted by molar-refractivity contribution is 0.768. The molecule has 1 nitrogen and oxygen atoms in total. The topological polar surface area (TPSA) is 3.24 Å². The third-order valence-corrected chi connectivity index (χ3v) is 16.0. The number of anilines is 3. The monoisotopic (exact) mass is 953 g/mol. The Kier molecular flexibility index (Phi) is 10.7. The quantitative estimate of drug-likeness (QED) is 0.132. The largest absolute Gasteiger partial charge is 0.310 e. The molecule has 12 aromatic rings. The Labute approximate surface area is 440 Å². The van der Waals surface area contributed by atoms with E-state index in [9.17, 15) is 0 Å². The van der Waals surface area contributed by atoms with Crippen LogP contribution in [0.4, 0.5) is 17.1 Å². The number of rotatable bonds is 10. The Balaban J connectivity index is 0.994. The average molecular weight is 954 g/mol. The standard InChI is InChI=1S/C74H51N/c1-7-24-52(25-8-1)55-44-49-71(66(50-55)53-26-9-2-10-27-53)75(61-47-48-64-63-36-19-21-39-67(63)74(70(64)51-61,58-32-15-5-16-33-58)59-34-17-6-18-35-59)60-45-42-54(43-46-60)62-38-23-41-69-72(62)65-37-20-22-40-68(65)73(69,56-28-11-3-12-29-56)57-30-13-4-14-31-57/h1-51H. The van der Waals surface area contributed by atoms with E-state index in [0.29, 0.717) is 0 Å². The van der Waals surface area contributed by atoms with E-state index in [0.717, 1.165) is 28.2 Å². The molecule has 0 unspecified atom stereocenters. The summed E-state index contributed by atoms with van der Waals surface area (Å²) in [5.74, 6) is 0. The van der Waals surface area contributed by atoms with Crippen LogP contribution >= 0.6 is 0 Å². The van der Waals surface area contributed by atoms with Crippen molar-refractivity contribution in [1.29, 1.82) is 0 Å². The fourth-order valence-corrected chi connectivity index (χ4v) is 12.9. The van der Waals surface area contributed by atoms with Gasteiger partial charge in [0.1, 0.15) is 0 Å². The number of hydrogen-bond donors (Lipinski definition) is 0. The number of fused-ring (bicyclic) bond motifs is 6. The molecule has 0 atom stereocenters. The van der Waals surface area contributed by atoms with Gasteiger partial charge in [0, 0.05) is 16.9 Å². The van der Waals surface area contributed by atoms with Crippen LogP contribution in [-0.2, 0) is 10.8 Å². The third-order valence-electron chi connectivity index (χ3n) is 16.0. The van der Waals surface area contributed by atoms with Crippen molar-refractivity contribution in [3.8, 4) is 55.6 Å². The molecular formula is C74H51N. The summed E-state index contributed by atoms with van der Waals surface area (Å²) in [6.45, 7) is 0. The van der Waals surface area contributed by atoms with Gasteiger partial charge in [-0.05, 0) is 131 Å². The van der Waals surface area contributed by atoms with Crippen LogP contribution in [0.1, 0.15) is 44.5 Å². The molecule has 12 aromatic carbocycles. The van der Waals surface area contributed by atoms with Gasteiger partial charge in [-0.2, -0.15) is 0 Å².